The molecule has 2 heterocycles. The summed E-state index contributed by atoms with van der Waals surface area (Å²) in [6, 6.07) is 7.41. The van der Waals surface area contributed by atoms with Crippen LogP contribution in [0.4, 0.5) is 0 Å². The molecule has 0 N–H and O–H groups in total. The molecule has 2 saturated heterocycles. The Hall–Kier alpha value is -1.59. The van der Waals surface area contributed by atoms with Crippen molar-refractivity contribution in [3.63, 3.8) is 0 Å². The van der Waals surface area contributed by atoms with Gasteiger partial charge in [0.15, 0.2) is 0 Å². The van der Waals surface area contributed by atoms with Crippen LogP contribution in [0, 0.1) is 5.92 Å². The number of rotatable bonds is 3. The highest BCUT2D eigenvalue weighted by molar-refractivity contribution is 6.31. The minimum Gasteiger partial charge on any atom is -0.381 e. The number of hydrogen-bond donors (Lipinski definition) is 0. The summed E-state index contributed by atoms with van der Waals surface area (Å²) >= 11 is 6.11. The molecular formula is C17H21ClN2O3. The van der Waals surface area contributed by atoms with Gasteiger partial charge in [0.1, 0.15) is 0 Å². The van der Waals surface area contributed by atoms with E-state index in [-0.39, 0.29) is 17.7 Å². The summed E-state index contributed by atoms with van der Waals surface area (Å²) in [5, 5.41) is 0.621. The van der Waals surface area contributed by atoms with Gasteiger partial charge in [-0.05, 0) is 18.1 Å². The summed E-state index contributed by atoms with van der Waals surface area (Å²) in [5.41, 5.74) is 0.848. The molecule has 2 amide bonds. The monoisotopic (exact) mass is 336 g/mol. The van der Waals surface area contributed by atoms with E-state index in [1.807, 2.05) is 28.0 Å². The second-order valence-corrected chi connectivity index (χ2v) is 6.44. The zero-order valence-electron chi connectivity index (χ0n) is 13.0. The number of carbonyl (C=O) groups is 2. The fourth-order valence-electron chi connectivity index (χ4n) is 3.08. The number of nitrogens with zero attached hydrogens (tertiary/aromatic N) is 2. The van der Waals surface area contributed by atoms with Gasteiger partial charge in [-0.3, -0.25) is 9.59 Å². The maximum atomic E-state index is 12.4. The molecular weight excluding hydrogens is 316 g/mol. The molecule has 2 aliphatic heterocycles. The molecule has 124 valence electrons. The minimum absolute atomic E-state index is 0.000349. The first kappa shape index (κ1) is 16.3. The van der Waals surface area contributed by atoms with Gasteiger partial charge in [0, 0.05) is 37.8 Å². The van der Waals surface area contributed by atoms with Crippen molar-refractivity contribution in [2.45, 2.75) is 12.8 Å². The van der Waals surface area contributed by atoms with Crippen LogP contribution in [-0.2, 0) is 20.7 Å². The fourth-order valence-corrected chi connectivity index (χ4v) is 3.28. The Balaban J connectivity index is 1.51. The average molecular weight is 337 g/mol. The van der Waals surface area contributed by atoms with E-state index in [2.05, 4.69) is 0 Å². The second kappa shape index (κ2) is 7.32. The second-order valence-electron chi connectivity index (χ2n) is 6.03. The fraction of sp³-hybridized carbons (Fsp3) is 0.529. The molecule has 0 aliphatic carbocycles. The van der Waals surface area contributed by atoms with Crippen LogP contribution in [0.1, 0.15) is 12.0 Å². The Morgan fingerprint density at radius 1 is 1.13 bits per heavy atom. The van der Waals surface area contributed by atoms with Crippen molar-refractivity contribution in [2.24, 2.45) is 5.92 Å². The number of amides is 2. The van der Waals surface area contributed by atoms with E-state index in [1.165, 1.54) is 0 Å². The van der Waals surface area contributed by atoms with Crippen LogP contribution >= 0.6 is 11.6 Å². The SMILES string of the molecule is O=C(Cc1ccccc1Cl)N1CCN(C(=O)C2CCOC2)CC1. The minimum atomic E-state index is 0.000349. The van der Waals surface area contributed by atoms with Crippen LogP contribution in [0.2, 0.25) is 5.02 Å². The van der Waals surface area contributed by atoms with Crippen LogP contribution < -0.4 is 0 Å². The molecule has 1 atom stereocenters. The highest BCUT2D eigenvalue weighted by atomic mass is 35.5. The van der Waals surface area contributed by atoms with Crippen LogP contribution in [0.15, 0.2) is 24.3 Å². The maximum absolute atomic E-state index is 12.4. The highest BCUT2D eigenvalue weighted by Gasteiger charge is 2.31. The van der Waals surface area contributed by atoms with Gasteiger partial charge in [-0.2, -0.15) is 0 Å². The van der Waals surface area contributed by atoms with Crippen LogP contribution in [0.3, 0.4) is 0 Å². The lowest BCUT2D eigenvalue weighted by molar-refractivity contribution is -0.141. The predicted molar refractivity (Wildman–Crippen MR) is 87.2 cm³/mol. The van der Waals surface area contributed by atoms with Crippen LogP contribution in [0.5, 0.6) is 0 Å². The summed E-state index contributed by atoms with van der Waals surface area (Å²) in [5.74, 6) is 0.232. The van der Waals surface area contributed by atoms with E-state index >= 15 is 0 Å². The number of hydrogen-bond acceptors (Lipinski definition) is 3. The summed E-state index contributed by atoms with van der Waals surface area (Å²) in [6.45, 7) is 3.58. The number of benzene rings is 1. The maximum Gasteiger partial charge on any atom is 0.228 e. The lowest BCUT2D eigenvalue weighted by Gasteiger charge is -2.36. The predicted octanol–water partition coefficient (Wildman–Crippen LogP) is 1.59. The molecule has 5 nitrogen and oxygen atoms in total. The van der Waals surface area contributed by atoms with Crippen molar-refractivity contribution >= 4 is 23.4 Å². The Bertz CT molecular complexity index is 579. The summed E-state index contributed by atoms with van der Waals surface area (Å²) < 4.78 is 5.28. The van der Waals surface area contributed by atoms with Gasteiger partial charge in [-0.25, -0.2) is 0 Å². The van der Waals surface area contributed by atoms with Gasteiger partial charge < -0.3 is 14.5 Å². The molecule has 2 aliphatic rings. The van der Waals surface area contributed by atoms with Crippen molar-refractivity contribution in [2.75, 3.05) is 39.4 Å². The van der Waals surface area contributed by atoms with E-state index in [4.69, 9.17) is 16.3 Å². The van der Waals surface area contributed by atoms with Crippen molar-refractivity contribution < 1.29 is 14.3 Å². The molecule has 1 unspecified atom stereocenters. The standard InChI is InChI=1S/C17H21ClN2O3/c18-15-4-2-1-3-13(15)11-16(21)19-6-8-20(9-7-19)17(22)14-5-10-23-12-14/h1-4,14H,5-12H2. The average Bonchev–Trinajstić information content (AvgIpc) is 3.11. The summed E-state index contributed by atoms with van der Waals surface area (Å²) in [6.07, 6.45) is 1.12. The van der Waals surface area contributed by atoms with Gasteiger partial charge >= 0.3 is 0 Å². The van der Waals surface area contributed by atoms with Gasteiger partial charge in [0.2, 0.25) is 11.8 Å². The quantitative estimate of drug-likeness (QED) is 0.842. The summed E-state index contributed by atoms with van der Waals surface area (Å²) in [4.78, 5) is 28.4. The molecule has 0 saturated carbocycles. The Labute approximate surface area is 141 Å². The molecule has 0 radical (unpaired) electrons. The molecule has 2 fully saturated rings. The van der Waals surface area contributed by atoms with Crippen LogP contribution in [0.25, 0.3) is 0 Å². The molecule has 1 aromatic rings. The Morgan fingerprint density at radius 2 is 1.83 bits per heavy atom. The largest absolute Gasteiger partial charge is 0.381 e. The first-order valence-electron chi connectivity index (χ1n) is 8.03. The first-order chi connectivity index (χ1) is 11.1. The third-order valence-electron chi connectivity index (χ3n) is 4.52. The Morgan fingerprint density at radius 3 is 2.48 bits per heavy atom. The molecule has 0 aromatic heterocycles. The van der Waals surface area contributed by atoms with Crippen molar-refractivity contribution in [1.29, 1.82) is 0 Å². The van der Waals surface area contributed by atoms with Crippen molar-refractivity contribution in [3.05, 3.63) is 34.9 Å². The summed E-state index contributed by atoms with van der Waals surface area (Å²) in [7, 11) is 0. The topological polar surface area (TPSA) is 49.9 Å². The first-order valence-corrected chi connectivity index (χ1v) is 8.40. The zero-order valence-corrected chi connectivity index (χ0v) is 13.8. The lowest BCUT2D eigenvalue weighted by atomic mass is 10.1. The van der Waals surface area contributed by atoms with E-state index in [1.54, 1.807) is 6.07 Å². The van der Waals surface area contributed by atoms with E-state index in [0.717, 1.165) is 12.0 Å². The number of halogens is 1. The van der Waals surface area contributed by atoms with Gasteiger partial charge in [-0.15, -0.1) is 0 Å². The van der Waals surface area contributed by atoms with E-state index in [9.17, 15) is 9.59 Å². The van der Waals surface area contributed by atoms with Gasteiger partial charge in [-0.1, -0.05) is 29.8 Å². The van der Waals surface area contributed by atoms with E-state index < -0.39 is 0 Å². The van der Waals surface area contributed by atoms with Crippen LogP contribution in [-0.4, -0.2) is 61.0 Å². The zero-order chi connectivity index (χ0) is 16.2. The smallest absolute Gasteiger partial charge is 0.228 e. The molecule has 23 heavy (non-hydrogen) atoms. The number of ether oxygens (including phenoxy) is 1. The van der Waals surface area contributed by atoms with E-state index in [0.29, 0.717) is 50.8 Å². The molecule has 0 spiro atoms. The molecule has 6 heteroatoms. The normalized spacial score (nSPS) is 21.5. The third kappa shape index (κ3) is 3.85. The lowest BCUT2D eigenvalue weighted by Crippen LogP contribution is -2.52. The number of carbonyl (C=O) groups excluding carboxylic acids is 2. The third-order valence-corrected chi connectivity index (χ3v) is 4.89. The number of piperazine rings is 1. The molecule has 3 rings (SSSR count). The molecule has 1 aromatic carbocycles. The van der Waals surface area contributed by atoms with Gasteiger partial charge in [0.05, 0.1) is 18.9 Å². The highest BCUT2D eigenvalue weighted by Crippen LogP contribution is 2.19. The van der Waals surface area contributed by atoms with Gasteiger partial charge in [0.25, 0.3) is 0 Å². The van der Waals surface area contributed by atoms with Crippen molar-refractivity contribution in [3.8, 4) is 0 Å². The molecule has 0 bridgehead atoms. The van der Waals surface area contributed by atoms with Crippen molar-refractivity contribution in [1.82, 2.24) is 9.80 Å². The Kier molecular flexibility index (Phi) is 5.18.